The third-order valence-electron chi connectivity index (χ3n) is 3.15. The second kappa shape index (κ2) is 7.72. The Balaban J connectivity index is 2.02. The van der Waals surface area contributed by atoms with Crippen molar-refractivity contribution < 1.29 is 13.9 Å². The number of anilines is 1. The fraction of sp³-hybridized carbons (Fsp3) is 0.375. The van der Waals surface area contributed by atoms with E-state index in [1.165, 1.54) is 0 Å². The van der Waals surface area contributed by atoms with Crippen molar-refractivity contribution in [3.05, 3.63) is 35.7 Å². The molecule has 6 nitrogen and oxygen atoms in total. The van der Waals surface area contributed by atoms with Crippen molar-refractivity contribution in [2.75, 3.05) is 32.1 Å². The van der Waals surface area contributed by atoms with Gasteiger partial charge in [0.1, 0.15) is 6.26 Å². The third-order valence-corrected chi connectivity index (χ3v) is 3.15. The van der Waals surface area contributed by atoms with Crippen molar-refractivity contribution in [2.24, 2.45) is 0 Å². The molecule has 2 aromatic rings. The fourth-order valence-corrected chi connectivity index (χ4v) is 1.95. The van der Waals surface area contributed by atoms with E-state index < -0.39 is 0 Å². The summed E-state index contributed by atoms with van der Waals surface area (Å²) in [5.74, 6) is 0.450. The van der Waals surface area contributed by atoms with Gasteiger partial charge in [0.15, 0.2) is 0 Å². The molecule has 0 fully saturated rings. The van der Waals surface area contributed by atoms with Gasteiger partial charge >= 0.3 is 0 Å². The highest BCUT2D eigenvalue weighted by Crippen LogP contribution is 2.24. The van der Waals surface area contributed by atoms with Crippen molar-refractivity contribution in [2.45, 2.75) is 13.8 Å². The molecule has 0 aliphatic carbocycles. The Bertz CT molecular complexity index is 637. The minimum atomic E-state index is -0.0973. The Morgan fingerprint density at radius 1 is 1.36 bits per heavy atom. The van der Waals surface area contributed by atoms with Gasteiger partial charge in [-0.2, -0.15) is 0 Å². The zero-order valence-corrected chi connectivity index (χ0v) is 13.1. The molecular weight excluding hydrogens is 282 g/mol. The summed E-state index contributed by atoms with van der Waals surface area (Å²) in [6.07, 6.45) is 1.60. The lowest BCUT2D eigenvalue weighted by Gasteiger charge is -2.10. The predicted octanol–water partition coefficient (Wildman–Crippen LogP) is 2.13. The van der Waals surface area contributed by atoms with E-state index in [1.807, 2.05) is 32.0 Å². The number of oxazole rings is 1. The van der Waals surface area contributed by atoms with Gasteiger partial charge in [-0.25, -0.2) is 4.98 Å². The van der Waals surface area contributed by atoms with Crippen LogP contribution >= 0.6 is 0 Å². The van der Waals surface area contributed by atoms with Crippen LogP contribution in [0.25, 0.3) is 11.5 Å². The van der Waals surface area contributed by atoms with Gasteiger partial charge < -0.3 is 19.8 Å². The van der Waals surface area contributed by atoms with Gasteiger partial charge in [-0.3, -0.25) is 4.79 Å². The summed E-state index contributed by atoms with van der Waals surface area (Å²) in [6.45, 7) is 5.27. The van der Waals surface area contributed by atoms with Crippen LogP contribution in [0.2, 0.25) is 0 Å². The highest BCUT2D eigenvalue weighted by molar-refractivity contribution is 5.93. The number of hydrogen-bond donors (Lipinski definition) is 2. The van der Waals surface area contributed by atoms with Crippen LogP contribution in [0.1, 0.15) is 11.3 Å². The molecule has 0 aliphatic heterocycles. The van der Waals surface area contributed by atoms with Crippen molar-refractivity contribution in [1.82, 2.24) is 10.3 Å². The van der Waals surface area contributed by atoms with Crippen molar-refractivity contribution in [3.8, 4) is 11.5 Å². The Morgan fingerprint density at radius 2 is 2.18 bits per heavy atom. The van der Waals surface area contributed by atoms with Crippen LogP contribution in [0.15, 0.2) is 28.9 Å². The highest BCUT2D eigenvalue weighted by Gasteiger charge is 2.09. The Morgan fingerprint density at radius 3 is 2.86 bits per heavy atom. The molecule has 0 aliphatic rings. The molecule has 1 heterocycles. The van der Waals surface area contributed by atoms with Gasteiger partial charge in [0, 0.05) is 24.9 Å². The zero-order valence-electron chi connectivity index (χ0n) is 13.1. The summed E-state index contributed by atoms with van der Waals surface area (Å²) in [5.41, 5.74) is 3.40. The number of aryl methyl sites for hydroxylation is 2. The molecule has 0 saturated carbocycles. The lowest BCUT2D eigenvalue weighted by atomic mass is 10.1. The predicted molar refractivity (Wildman–Crippen MR) is 84.8 cm³/mol. The van der Waals surface area contributed by atoms with Crippen LogP contribution in [0, 0.1) is 13.8 Å². The fourth-order valence-electron chi connectivity index (χ4n) is 1.95. The molecule has 1 aromatic heterocycles. The third kappa shape index (κ3) is 4.41. The summed E-state index contributed by atoms with van der Waals surface area (Å²) in [7, 11) is 1.63. The second-order valence-electron chi connectivity index (χ2n) is 5.04. The van der Waals surface area contributed by atoms with E-state index in [2.05, 4.69) is 15.6 Å². The Hall–Kier alpha value is -2.18. The second-order valence-corrected chi connectivity index (χ2v) is 5.04. The number of hydrogen-bond acceptors (Lipinski definition) is 5. The number of benzene rings is 1. The summed E-state index contributed by atoms with van der Waals surface area (Å²) >= 11 is 0. The molecule has 118 valence electrons. The van der Waals surface area contributed by atoms with Crippen molar-refractivity contribution in [1.29, 1.82) is 0 Å². The Kier molecular flexibility index (Phi) is 5.68. The topological polar surface area (TPSA) is 76.4 Å². The molecule has 0 unspecified atom stereocenters. The van der Waals surface area contributed by atoms with E-state index in [0.29, 0.717) is 19.0 Å². The largest absolute Gasteiger partial charge is 0.444 e. The monoisotopic (exact) mass is 303 g/mol. The van der Waals surface area contributed by atoms with Crippen LogP contribution < -0.4 is 10.6 Å². The molecule has 0 radical (unpaired) electrons. The first kappa shape index (κ1) is 16.2. The van der Waals surface area contributed by atoms with Crippen LogP contribution in [-0.4, -0.2) is 37.7 Å². The van der Waals surface area contributed by atoms with Crippen molar-refractivity contribution in [3.63, 3.8) is 0 Å². The molecule has 2 rings (SSSR count). The number of carbonyl (C=O) groups excluding carboxylic acids is 1. The van der Waals surface area contributed by atoms with E-state index in [1.54, 1.807) is 13.4 Å². The lowest BCUT2D eigenvalue weighted by molar-refractivity contribution is -0.115. The number of ether oxygens (including phenoxy) is 1. The minimum Gasteiger partial charge on any atom is -0.444 e. The molecule has 22 heavy (non-hydrogen) atoms. The number of aromatic nitrogens is 1. The summed E-state index contributed by atoms with van der Waals surface area (Å²) < 4.78 is 10.3. The molecule has 0 saturated heterocycles. The SMILES string of the molecule is COCCNCC(=O)Nc1cc(-c2nc(C)co2)ccc1C. The number of methoxy groups -OCH3 is 1. The van der Waals surface area contributed by atoms with Crippen LogP contribution in [0.3, 0.4) is 0 Å². The smallest absolute Gasteiger partial charge is 0.238 e. The van der Waals surface area contributed by atoms with Crippen LogP contribution in [-0.2, 0) is 9.53 Å². The standard InChI is InChI=1S/C16H21N3O3/c1-11-4-5-13(16-18-12(2)10-22-16)8-14(11)19-15(20)9-17-6-7-21-3/h4-5,8,10,17H,6-7,9H2,1-3H3,(H,19,20). The quantitative estimate of drug-likeness (QED) is 0.766. The first-order chi connectivity index (χ1) is 10.6. The first-order valence-corrected chi connectivity index (χ1v) is 7.13. The molecule has 0 atom stereocenters. The maximum Gasteiger partial charge on any atom is 0.238 e. The average molecular weight is 303 g/mol. The maximum atomic E-state index is 11.9. The van der Waals surface area contributed by atoms with E-state index in [-0.39, 0.29) is 12.5 Å². The Labute approximate surface area is 129 Å². The lowest BCUT2D eigenvalue weighted by Crippen LogP contribution is -2.30. The molecule has 0 bridgehead atoms. The molecular formula is C16H21N3O3. The van der Waals surface area contributed by atoms with E-state index in [9.17, 15) is 4.79 Å². The molecule has 1 amide bonds. The van der Waals surface area contributed by atoms with E-state index in [0.717, 1.165) is 22.5 Å². The van der Waals surface area contributed by atoms with Gasteiger partial charge in [0.05, 0.1) is 18.8 Å². The summed E-state index contributed by atoms with van der Waals surface area (Å²) in [4.78, 5) is 16.2. The van der Waals surface area contributed by atoms with Gasteiger partial charge in [-0.1, -0.05) is 6.07 Å². The molecule has 0 spiro atoms. The number of carbonyl (C=O) groups is 1. The zero-order chi connectivity index (χ0) is 15.9. The average Bonchev–Trinajstić information content (AvgIpc) is 2.92. The van der Waals surface area contributed by atoms with Gasteiger partial charge in [0.25, 0.3) is 0 Å². The van der Waals surface area contributed by atoms with Gasteiger partial charge in [-0.05, 0) is 31.5 Å². The van der Waals surface area contributed by atoms with Crippen LogP contribution in [0.5, 0.6) is 0 Å². The molecule has 2 N–H and O–H groups in total. The first-order valence-electron chi connectivity index (χ1n) is 7.13. The number of amides is 1. The highest BCUT2D eigenvalue weighted by atomic mass is 16.5. The van der Waals surface area contributed by atoms with E-state index >= 15 is 0 Å². The number of rotatable bonds is 7. The maximum absolute atomic E-state index is 11.9. The van der Waals surface area contributed by atoms with Crippen molar-refractivity contribution >= 4 is 11.6 Å². The summed E-state index contributed by atoms with van der Waals surface area (Å²) in [6, 6.07) is 5.73. The van der Waals surface area contributed by atoms with Gasteiger partial charge in [-0.15, -0.1) is 0 Å². The van der Waals surface area contributed by atoms with Crippen LogP contribution in [0.4, 0.5) is 5.69 Å². The minimum absolute atomic E-state index is 0.0973. The number of nitrogens with zero attached hydrogens (tertiary/aromatic N) is 1. The molecule has 1 aromatic carbocycles. The number of nitrogens with one attached hydrogen (secondary N) is 2. The molecule has 6 heteroatoms. The normalized spacial score (nSPS) is 10.7. The van der Waals surface area contributed by atoms with Gasteiger partial charge in [0.2, 0.25) is 11.8 Å². The van der Waals surface area contributed by atoms with E-state index in [4.69, 9.17) is 9.15 Å². The summed E-state index contributed by atoms with van der Waals surface area (Å²) in [5, 5.41) is 5.90.